The Morgan fingerprint density at radius 1 is 1.03 bits per heavy atom. The maximum absolute atomic E-state index is 13.0. The number of nitrogens with one attached hydrogen (secondary N) is 1. The number of carbonyl (C=O) groups is 1. The lowest BCUT2D eigenvalue weighted by atomic mass is 9.58. The Morgan fingerprint density at radius 2 is 1.77 bits per heavy atom. The molecule has 4 N–H and O–H groups in total. The lowest BCUT2D eigenvalue weighted by Crippen LogP contribution is -2.43. The van der Waals surface area contributed by atoms with Crippen molar-refractivity contribution in [3.8, 4) is 0 Å². The fraction of sp³-hybridized carbons (Fsp3) is 0.387. The van der Waals surface area contributed by atoms with E-state index in [0.29, 0.717) is 17.2 Å². The van der Waals surface area contributed by atoms with Gasteiger partial charge in [-0.15, -0.1) is 0 Å². The van der Waals surface area contributed by atoms with Crippen LogP contribution in [0.25, 0.3) is 0 Å². The average molecular weight is 471 g/mol. The van der Waals surface area contributed by atoms with E-state index < -0.39 is 0 Å². The predicted molar refractivity (Wildman–Crippen MR) is 145 cm³/mol. The molecule has 0 aliphatic heterocycles. The van der Waals surface area contributed by atoms with Crippen LogP contribution in [-0.2, 0) is 18.3 Å². The molecule has 2 aliphatic carbocycles. The summed E-state index contributed by atoms with van der Waals surface area (Å²) in [6.07, 6.45) is 6.64. The van der Waals surface area contributed by atoms with E-state index >= 15 is 0 Å². The SMILES string of the molecule is CC.Nc1ccc(NC(=O)c2ccc3c(c2)CCCC2CC(O)CCC32Cc2ccccc2)cc1. The third-order valence-electron chi connectivity index (χ3n) is 7.70. The first-order valence-corrected chi connectivity index (χ1v) is 13.1. The fourth-order valence-corrected chi connectivity index (χ4v) is 6.07. The molecule has 0 bridgehead atoms. The van der Waals surface area contributed by atoms with Gasteiger partial charge in [-0.05, 0) is 104 Å². The number of amides is 1. The zero-order chi connectivity index (χ0) is 24.8. The standard InChI is InChI=1S/C29H32N2O2.C2H6/c30-24-10-12-25(13-11-24)31-28(33)22-9-14-27-21(17-22)7-4-8-23-18-26(32)15-16-29(23,27)19-20-5-2-1-3-6-20;1-2/h1-3,5-6,9-14,17,23,26,32H,4,7-8,15-16,18-19,30H2,(H,31,33);1-2H3. The summed E-state index contributed by atoms with van der Waals surface area (Å²) in [5.74, 6) is 0.358. The highest BCUT2D eigenvalue weighted by Gasteiger charge is 2.46. The van der Waals surface area contributed by atoms with Crippen molar-refractivity contribution in [3.05, 3.63) is 95.1 Å². The van der Waals surface area contributed by atoms with E-state index in [1.165, 1.54) is 16.7 Å². The molecule has 0 heterocycles. The molecule has 3 aromatic rings. The topological polar surface area (TPSA) is 75.3 Å². The molecule has 3 aromatic carbocycles. The van der Waals surface area contributed by atoms with Gasteiger partial charge in [-0.3, -0.25) is 4.79 Å². The monoisotopic (exact) mass is 470 g/mol. The fourth-order valence-electron chi connectivity index (χ4n) is 6.07. The molecular weight excluding hydrogens is 432 g/mol. The second kappa shape index (κ2) is 11.1. The largest absolute Gasteiger partial charge is 0.399 e. The number of rotatable bonds is 4. The summed E-state index contributed by atoms with van der Waals surface area (Å²) in [5.41, 5.74) is 11.9. The first-order valence-electron chi connectivity index (χ1n) is 13.1. The van der Waals surface area contributed by atoms with E-state index in [1.54, 1.807) is 12.1 Å². The minimum absolute atomic E-state index is 0.0123. The summed E-state index contributed by atoms with van der Waals surface area (Å²) in [7, 11) is 0. The summed E-state index contributed by atoms with van der Waals surface area (Å²) in [5, 5.41) is 13.5. The lowest BCUT2D eigenvalue weighted by molar-refractivity contribution is 0.0468. The molecule has 0 spiro atoms. The number of aryl methyl sites for hydroxylation is 1. The van der Waals surface area contributed by atoms with Crippen molar-refractivity contribution in [1.82, 2.24) is 0 Å². The quantitative estimate of drug-likeness (QED) is 0.380. The Hall–Kier alpha value is -3.11. The number of anilines is 2. The molecule has 0 radical (unpaired) electrons. The van der Waals surface area contributed by atoms with E-state index in [0.717, 1.165) is 50.6 Å². The van der Waals surface area contributed by atoms with Crippen LogP contribution in [0.5, 0.6) is 0 Å². The number of nitrogens with two attached hydrogens (primary N) is 1. The van der Waals surface area contributed by atoms with Gasteiger partial charge in [0.05, 0.1) is 6.10 Å². The summed E-state index contributed by atoms with van der Waals surface area (Å²) in [4.78, 5) is 13.0. The molecule has 1 saturated carbocycles. The predicted octanol–water partition coefficient (Wildman–Crippen LogP) is 6.53. The van der Waals surface area contributed by atoms with E-state index in [2.05, 4.69) is 47.8 Å². The van der Waals surface area contributed by atoms with Crippen molar-refractivity contribution in [3.63, 3.8) is 0 Å². The molecule has 5 rings (SSSR count). The summed E-state index contributed by atoms with van der Waals surface area (Å²) < 4.78 is 0. The molecule has 184 valence electrons. The average Bonchev–Trinajstić information content (AvgIpc) is 3.03. The Bertz CT molecular complexity index is 1130. The van der Waals surface area contributed by atoms with Crippen molar-refractivity contribution >= 4 is 17.3 Å². The second-order valence-corrected chi connectivity index (χ2v) is 9.78. The highest BCUT2D eigenvalue weighted by molar-refractivity contribution is 6.04. The first kappa shape index (κ1) is 25.0. The number of fused-ring (bicyclic) bond motifs is 3. The van der Waals surface area contributed by atoms with Crippen molar-refractivity contribution in [1.29, 1.82) is 0 Å². The first-order chi connectivity index (χ1) is 17.0. The maximum atomic E-state index is 13.0. The minimum Gasteiger partial charge on any atom is -0.399 e. The zero-order valence-corrected chi connectivity index (χ0v) is 21.0. The Labute approximate surface area is 209 Å². The highest BCUT2D eigenvalue weighted by Crippen LogP contribution is 2.51. The zero-order valence-electron chi connectivity index (χ0n) is 21.0. The minimum atomic E-state index is -0.203. The molecule has 1 fully saturated rings. The maximum Gasteiger partial charge on any atom is 0.255 e. The normalized spacial score (nSPS) is 23.1. The van der Waals surface area contributed by atoms with Gasteiger partial charge in [-0.25, -0.2) is 0 Å². The van der Waals surface area contributed by atoms with Gasteiger partial charge in [0, 0.05) is 22.4 Å². The third kappa shape index (κ3) is 5.43. The van der Waals surface area contributed by atoms with Crippen LogP contribution in [0.15, 0.2) is 72.8 Å². The van der Waals surface area contributed by atoms with Gasteiger partial charge in [0.25, 0.3) is 5.91 Å². The number of aliphatic hydroxyl groups is 1. The van der Waals surface area contributed by atoms with Crippen molar-refractivity contribution in [2.75, 3.05) is 11.1 Å². The number of aliphatic hydroxyl groups excluding tert-OH is 1. The molecule has 3 unspecified atom stereocenters. The molecule has 2 aliphatic rings. The van der Waals surface area contributed by atoms with Crippen LogP contribution in [0.3, 0.4) is 0 Å². The number of nitrogen functional groups attached to an aromatic ring is 1. The molecule has 0 aromatic heterocycles. The van der Waals surface area contributed by atoms with Gasteiger partial charge in [0.2, 0.25) is 0 Å². The van der Waals surface area contributed by atoms with Gasteiger partial charge in [-0.2, -0.15) is 0 Å². The Kier molecular flexibility index (Phi) is 7.92. The van der Waals surface area contributed by atoms with E-state index in [4.69, 9.17) is 5.73 Å². The number of benzene rings is 3. The number of hydrogen-bond donors (Lipinski definition) is 3. The second-order valence-electron chi connectivity index (χ2n) is 9.78. The number of carbonyl (C=O) groups excluding carboxylic acids is 1. The Balaban J connectivity index is 0.00000141. The van der Waals surface area contributed by atoms with Crippen LogP contribution in [0, 0.1) is 5.92 Å². The van der Waals surface area contributed by atoms with Crippen LogP contribution in [0.4, 0.5) is 11.4 Å². The molecule has 35 heavy (non-hydrogen) atoms. The van der Waals surface area contributed by atoms with Gasteiger partial charge >= 0.3 is 0 Å². The lowest BCUT2D eigenvalue weighted by Gasteiger charge is -2.46. The van der Waals surface area contributed by atoms with Crippen molar-refractivity contribution in [2.24, 2.45) is 5.92 Å². The van der Waals surface area contributed by atoms with Crippen LogP contribution in [-0.4, -0.2) is 17.1 Å². The van der Waals surface area contributed by atoms with Gasteiger partial charge in [-0.1, -0.05) is 50.2 Å². The van der Waals surface area contributed by atoms with E-state index in [1.807, 2.05) is 32.0 Å². The molecule has 1 amide bonds. The van der Waals surface area contributed by atoms with E-state index in [9.17, 15) is 9.90 Å². The van der Waals surface area contributed by atoms with Crippen molar-refractivity contribution in [2.45, 2.75) is 70.3 Å². The molecule has 4 nitrogen and oxygen atoms in total. The van der Waals surface area contributed by atoms with E-state index in [-0.39, 0.29) is 17.4 Å². The summed E-state index contributed by atoms with van der Waals surface area (Å²) in [6, 6.07) is 24.2. The van der Waals surface area contributed by atoms with Gasteiger partial charge < -0.3 is 16.2 Å². The third-order valence-corrected chi connectivity index (χ3v) is 7.70. The molecule has 3 atom stereocenters. The number of hydrogen-bond acceptors (Lipinski definition) is 3. The van der Waals surface area contributed by atoms with Crippen LogP contribution in [0.2, 0.25) is 0 Å². The van der Waals surface area contributed by atoms with Crippen LogP contribution in [0.1, 0.15) is 73.0 Å². The van der Waals surface area contributed by atoms with Crippen molar-refractivity contribution < 1.29 is 9.90 Å². The van der Waals surface area contributed by atoms with Crippen LogP contribution >= 0.6 is 0 Å². The summed E-state index contributed by atoms with van der Waals surface area (Å²) in [6.45, 7) is 4.00. The highest BCUT2D eigenvalue weighted by atomic mass is 16.3. The Morgan fingerprint density at radius 3 is 2.51 bits per heavy atom. The summed E-state index contributed by atoms with van der Waals surface area (Å²) >= 11 is 0. The smallest absolute Gasteiger partial charge is 0.255 e. The molecule has 4 heteroatoms. The van der Waals surface area contributed by atoms with Gasteiger partial charge in [0.15, 0.2) is 0 Å². The van der Waals surface area contributed by atoms with Crippen LogP contribution < -0.4 is 11.1 Å². The molecule has 0 saturated heterocycles. The van der Waals surface area contributed by atoms with Gasteiger partial charge in [0.1, 0.15) is 0 Å². The molecular formula is C31H38N2O2.